The summed E-state index contributed by atoms with van der Waals surface area (Å²) >= 11 is 6.02. The van der Waals surface area contributed by atoms with Crippen LogP contribution in [-0.4, -0.2) is 56.4 Å². The van der Waals surface area contributed by atoms with E-state index in [-0.39, 0.29) is 17.0 Å². The minimum atomic E-state index is -0.341. The molecule has 1 N–H and O–H groups in total. The van der Waals surface area contributed by atoms with Crippen molar-refractivity contribution in [2.75, 3.05) is 26.2 Å². The monoisotopic (exact) mass is 349 g/mol. The van der Waals surface area contributed by atoms with Crippen molar-refractivity contribution in [3.63, 3.8) is 0 Å². The Hall–Kier alpha value is -2.12. The molecule has 3 heterocycles. The van der Waals surface area contributed by atoms with Gasteiger partial charge in [0.2, 0.25) is 0 Å². The van der Waals surface area contributed by atoms with Crippen molar-refractivity contribution in [2.24, 2.45) is 7.05 Å². The Labute approximate surface area is 144 Å². The highest BCUT2D eigenvalue weighted by Gasteiger charge is 2.22. The number of pyridine rings is 1. The van der Waals surface area contributed by atoms with Crippen LogP contribution in [0.1, 0.15) is 22.6 Å². The number of aromatic amines is 1. The molecule has 0 aliphatic carbocycles. The zero-order valence-corrected chi connectivity index (χ0v) is 14.3. The lowest BCUT2D eigenvalue weighted by Crippen LogP contribution is -2.37. The zero-order chi connectivity index (χ0) is 17.1. The highest BCUT2D eigenvalue weighted by molar-refractivity contribution is 6.29. The fourth-order valence-electron chi connectivity index (χ4n) is 2.86. The first-order chi connectivity index (χ1) is 11.6. The standard InChI is InChI=1S/C16H20ClN5O2/c1-20-13(17)10-19-14(20)11-21-6-3-7-22(9-8-21)16(24)12-4-2-5-18-15(12)23/h2,4-5,10H,3,6-9,11H2,1H3,(H,18,23). The molecule has 0 aromatic carbocycles. The van der Waals surface area contributed by atoms with Gasteiger partial charge in [0.05, 0.1) is 12.7 Å². The molecule has 128 valence electrons. The zero-order valence-electron chi connectivity index (χ0n) is 13.5. The summed E-state index contributed by atoms with van der Waals surface area (Å²) in [6.07, 6.45) is 4.03. The summed E-state index contributed by atoms with van der Waals surface area (Å²) in [4.78, 5) is 35.2. The number of halogens is 1. The Kier molecular flexibility index (Phi) is 5.01. The van der Waals surface area contributed by atoms with Crippen LogP contribution >= 0.6 is 11.6 Å². The molecule has 3 rings (SSSR count). The van der Waals surface area contributed by atoms with Gasteiger partial charge in [0.15, 0.2) is 0 Å². The van der Waals surface area contributed by atoms with Crippen LogP contribution in [0.4, 0.5) is 0 Å². The van der Waals surface area contributed by atoms with Crippen LogP contribution in [0.2, 0.25) is 5.15 Å². The summed E-state index contributed by atoms with van der Waals surface area (Å²) < 4.78 is 1.86. The Bertz CT molecular complexity index is 785. The molecule has 0 radical (unpaired) electrons. The number of aromatic nitrogens is 3. The third kappa shape index (κ3) is 3.52. The molecule has 0 spiro atoms. The first-order valence-corrected chi connectivity index (χ1v) is 8.29. The Balaban J connectivity index is 1.65. The fourth-order valence-corrected chi connectivity index (χ4v) is 3.01. The van der Waals surface area contributed by atoms with Gasteiger partial charge in [-0.15, -0.1) is 0 Å². The van der Waals surface area contributed by atoms with Gasteiger partial charge in [-0.25, -0.2) is 4.98 Å². The maximum Gasteiger partial charge on any atom is 0.260 e. The number of carbonyl (C=O) groups excluding carboxylic acids is 1. The molecular weight excluding hydrogens is 330 g/mol. The van der Waals surface area contributed by atoms with E-state index in [0.717, 1.165) is 25.3 Å². The second-order valence-electron chi connectivity index (χ2n) is 5.89. The predicted octanol–water partition coefficient (Wildman–Crippen LogP) is 1.11. The summed E-state index contributed by atoms with van der Waals surface area (Å²) in [5, 5.41) is 0.611. The number of carbonyl (C=O) groups is 1. The fraction of sp³-hybridized carbons (Fsp3) is 0.438. The van der Waals surface area contributed by atoms with Crippen molar-refractivity contribution in [3.05, 3.63) is 51.4 Å². The molecular formula is C16H20ClN5O2. The van der Waals surface area contributed by atoms with E-state index >= 15 is 0 Å². The molecule has 1 aliphatic rings. The molecule has 1 fully saturated rings. The van der Waals surface area contributed by atoms with E-state index < -0.39 is 0 Å². The van der Waals surface area contributed by atoms with Gasteiger partial charge in [-0.2, -0.15) is 0 Å². The number of H-pyrrole nitrogens is 1. The van der Waals surface area contributed by atoms with Crippen molar-refractivity contribution in [2.45, 2.75) is 13.0 Å². The summed E-state index contributed by atoms with van der Waals surface area (Å²) in [5.74, 6) is 0.693. The van der Waals surface area contributed by atoms with Gasteiger partial charge in [-0.3, -0.25) is 14.5 Å². The van der Waals surface area contributed by atoms with Gasteiger partial charge in [0.25, 0.3) is 11.5 Å². The number of nitrogens with one attached hydrogen (secondary N) is 1. The molecule has 0 saturated carbocycles. The largest absolute Gasteiger partial charge is 0.337 e. The summed E-state index contributed by atoms with van der Waals surface area (Å²) in [6, 6.07) is 3.24. The molecule has 0 unspecified atom stereocenters. The number of imidazole rings is 1. The number of rotatable bonds is 3. The normalized spacial score (nSPS) is 16.2. The number of nitrogens with zero attached hydrogens (tertiary/aromatic N) is 4. The third-order valence-corrected chi connectivity index (χ3v) is 4.67. The lowest BCUT2D eigenvalue weighted by Gasteiger charge is -2.21. The second-order valence-corrected chi connectivity index (χ2v) is 6.28. The molecule has 0 bridgehead atoms. The van der Waals surface area contributed by atoms with E-state index in [1.165, 1.54) is 6.20 Å². The maximum absolute atomic E-state index is 12.5. The second kappa shape index (κ2) is 7.19. The van der Waals surface area contributed by atoms with E-state index in [4.69, 9.17) is 11.6 Å². The van der Waals surface area contributed by atoms with Gasteiger partial charge in [0, 0.05) is 39.4 Å². The lowest BCUT2D eigenvalue weighted by atomic mass is 10.2. The first kappa shape index (κ1) is 16.7. The van der Waals surface area contributed by atoms with Gasteiger partial charge in [-0.05, 0) is 18.6 Å². The Morgan fingerprint density at radius 2 is 2.17 bits per heavy atom. The molecule has 24 heavy (non-hydrogen) atoms. The summed E-state index contributed by atoms with van der Waals surface area (Å²) in [6.45, 7) is 3.54. The van der Waals surface area contributed by atoms with Gasteiger partial charge in [0.1, 0.15) is 16.5 Å². The molecule has 1 saturated heterocycles. The van der Waals surface area contributed by atoms with E-state index in [2.05, 4.69) is 14.9 Å². The Morgan fingerprint density at radius 1 is 1.33 bits per heavy atom. The van der Waals surface area contributed by atoms with Crippen LogP contribution in [0.25, 0.3) is 0 Å². The van der Waals surface area contributed by atoms with Crippen molar-refractivity contribution < 1.29 is 4.79 Å². The van der Waals surface area contributed by atoms with Gasteiger partial charge >= 0.3 is 0 Å². The molecule has 0 atom stereocenters. The Morgan fingerprint density at radius 3 is 2.88 bits per heavy atom. The van der Waals surface area contributed by atoms with Crippen LogP contribution in [0.15, 0.2) is 29.3 Å². The molecule has 1 amide bonds. The van der Waals surface area contributed by atoms with Gasteiger partial charge in [-0.1, -0.05) is 11.6 Å². The van der Waals surface area contributed by atoms with E-state index in [1.54, 1.807) is 23.2 Å². The minimum absolute atomic E-state index is 0.196. The molecule has 7 nitrogen and oxygen atoms in total. The minimum Gasteiger partial charge on any atom is -0.337 e. The van der Waals surface area contributed by atoms with E-state index in [0.29, 0.717) is 24.8 Å². The quantitative estimate of drug-likeness (QED) is 0.900. The summed E-state index contributed by atoms with van der Waals surface area (Å²) in [7, 11) is 1.89. The van der Waals surface area contributed by atoms with Crippen molar-refractivity contribution in [1.82, 2.24) is 24.3 Å². The topological polar surface area (TPSA) is 74.2 Å². The van der Waals surface area contributed by atoms with E-state index in [9.17, 15) is 9.59 Å². The summed E-state index contributed by atoms with van der Waals surface area (Å²) in [5.41, 5.74) is -0.145. The lowest BCUT2D eigenvalue weighted by molar-refractivity contribution is 0.0759. The first-order valence-electron chi connectivity index (χ1n) is 7.91. The average molecular weight is 350 g/mol. The van der Waals surface area contributed by atoms with Crippen LogP contribution < -0.4 is 5.56 Å². The third-order valence-electron chi connectivity index (χ3n) is 4.32. The van der Waals surface area contributed by atoms with Crippen molar-refractivity contribution in [1.29, 1.82) is 0 Å². The maximum atomic E-state index is 12.5. The molecule has 2 aromatic rings. The number of hydrogen-bond donors (Lipinski definition) is 1. The number of amides is 1. The predicted molar refractivity (Wildman–Crippen MR) is 91.1 cm³/mol. The van der Waals surface area contributed by atoms with E-state index in [1.807, 2.05) is 11.6 Å². The highest BCUT2D eigenvalue weighted by Crippen LogP contribution is 2.13. The van der Waals surface area contributed by atoms with Crippen LogP contribution in [0.5, 0.6) is 0 Å². The average Bonchev–Trinajstić information content (AvgIpc) is 2.79. The molecule has 1 aliphatic heterocycles. The molecule has 2 aromatic heterocycles. The van der Waals surface area contributed by atoms with Crippen LogP contribution in [0, 0.1) is 0 Å². The van der Waals surface area contributed by atoms with Crippen molar-refractivity contribution >= 4 is 17.5 Å². The van der Waals surface area contributed by atoms with Gasteiger partial charge < -0.3 is 14.5 Å². The molecule has 8 heteroatoms. The van der Waals surface area contributed by atoms with Crippen molar-refractivity contribution in [3.8, 4) is 0 Å². The number of hydrogen-bond acceptors (Lipinski definition) is 4. The highest BCUT2D eigenvalue weighted by atomic mass is 35.5. The smallest absolute Gasteiger partial charge is 0.260 e. The van der Waals surface area contributed by atoms with Crippen LogP contribution in [-0.2, 0) is 13.6 Å². The van der Waals surface area contributed by atoms with Crippen LogP contribution in [0.3, 0.4) is 0 Å². The SMILES string of the molecule is Cn1c(Cl)cnc1CN1CCCN(C(=O)c2ccc[nH]c2=O)CC1.